The minimum atomic E-state index is -4.72. The highest BCUT2D eigenvalue weighted by atomic mass is 35.5. The van der Waals surface area contributed by atoms with Gasteiger partial charge in [0.15, 0.2) is 5.69 Å². The number of aromatic amines is 1. The molecule has 0 aliphatic heterocycles. The molecule has 0 aromatic carbocycles. The number of rotatable bonds is 5. The molecule has 1 amide bonds. The van der Waals surface area contributed by atoms with Crippen LogP contribution in [0.4, 0.5) is 13.2 Å². The average molecular weight is 364 g/mol. The molecule has 0 saturated heterocycles. The maximum atomic E-state index is 12.8. The van der Waals surface area contributed by atoms with Gasteiger partial charge in [0.2, 0.25) is 0 Å². The molecule has 0 saturated carbocycles. The van der Waals surface area contributed by atoms with Crippen LogP contribution in [-0.4, -0.2) is 37.8 Å². The molecular weight excluding hydrogens is 347 g/mol. The Labute approximate surface area is 141 Å². The highest BCUT2D eigenvalue weighted by Crippen LogP contribution is 2.35. The van der Waals surface area contributed by atoms with Crippen molar-refractivity contribution in [1.82, 2.24) is 24.9 Å². The van der Waals surface area contributed by atoms with E-state index in [9.17, 15) is 18.0 Å². The van der Waals surface area contributed by atoms with Gasteiger partial charge in [0, 0.05) is 14.1 Å². The number of nitrogens with one attached hydrogen (secondary N) is 1. The van der Waals surface area contributed by atoms with E-state index in [1.165, 1.54) is 19.0 Å². The summed E-state index contributed by atoms with van der Waals surface area (Å²) in [6.07, 6.45) is -2.98. The number of amides is 1. The van der Waals surface area contributed by atoms with Gasteiger partial charge < -0.3 is 4.90 Å². The number of hydrogen-bond acceptors (Lipinski definition) is 3. The van der Waals surface area contributed by atoms with Gasteiger partial charge in [-0.25, -0.2) is 0 Å². The molecule has 0 radical (unpaired) electrons. The van der Waals surface area contributed by atoms with Crippen molar-refractivity contribution >= 4 is 17.5 Å². The summed E-state index contributed by atoms with van der Waals surface area (Å²) in [4.78, 5) is 13.7. The fourth-order valence-electron chi connectivity index (χ4n) is 2.29. The first-order valence-electron chi connectivity index (χ1n) is 7.23. The van der Waals surface area contributed by atoms with E-state index < -0.39 is 22.8 Å². The Morgan fingerprint density at radius 1 is 1.46 bits per heavy atom. The van der Waals surface area contributed by atoms with Crippen LogP contribution in [0.1, 0.15) is 40.9 Å². The van der Waals surface area contributed by atoms with Gasteiger partial charge in [0.1, 0.15) is 10.7 Å². The van der Waals surface area contributed by atoms with Crippen LogP contribution in [0.2, 0.25) is 5.02 Å². The van der Waals surface area contributed by atoms with E-state index in [1.54, 1.807) is 0 Å². The van der Waals surface area contributed by atoms with Gasteiger partial charge in [0.25, 0.3) is 5.91 Å². The molecule has 2 heterocycles. The second-order valence-electron chi connectivity index (χ2n) is 5.43. The zero-order chi connectivity index (χ0) is 18.1. The van der Waals surface area contributed by atoms with E-state index in [0.29, 0.717) is 5.69 Å². The molecule has 1 N–H and O–H groups in total. The van der Waals surface area contributed by atoms with Crippen LogP contribution < -0.4 is 0 Å². The lowest BCUT2D eigenvalue weighted by Crippen LogP contribution is -2.28. The van der Waals surface area contributed by atoms with Crippen LogP contribution in [0.25, 0.3) is 0 Å². The van der Waals surface area contributed by atoms with Crippen molar-refractivity contribution in [3.8, 4) is 0 Å². The molecule has 0 atom stereocenters. The first-order chi connectivity index (χ1) is 11.1. The maximum absolute atomic E-state index is 12.8. The van der Waals surface area contributed by atoms with E-state index in [2.05, 4.69) is 15.3 Å². The number of aromatic nitrogens is 4. The zero-order valence-electron chi connectivity index (χ0n) is 13.4. The predicted octanol–water partition coefficient (Wildman–Crippen LogP) is 3.04. The Hall–Kier alpha value is -2.03. The number of aryl methyl sites for hydroxylation is 2. The van der Waals surface area contributed by atoms with Crippen molar-refractivity contribution in [2.24, 2.45) is 7.05 Å². The smallest absolute Gasteiger partial charge is 0.334 e. The summed E-state index contributed by atoms with van der Waals surface area (Å²) in [5.41, 5.74) is -0.0233. The van der Waals surface area contributed by atoms with Crippen molar-refractivity contribution in [3.05, 3.63) is 33.9 Å². The molecule has 132 valence electrons. The molecule has 6 nitrogen and oxygen atoms in total. The summed E-state index contributed by atoms with van der Waals surface area (Å²) >= 11 is 5.73. The molecule has 2 aromatic rings. The summed E-state index contributed by atoms with van der Waals surface area (Å²) in [5, 5.41) is 9.53. The molecule has 10 heteroatoms. The van der Waals surface area contributed by atoms with Crippen LogP contribution in [0.15, 0.2) is 6.07 Å². The lowest BCUT2D eigenvalue weighted by molar-refractivity contribution is -0.141. The van der Waals surface area contributed by atoms with E-state index in [-0.39, 0.29) is 12.2 Å². The van der Waals surface area contributed by atoms with Crippen molar-refractivity contribution in [3.63, 3.8) is 0 Å². The van der Waals surface area contributed by atoms with Crippen LogP contribution in [0.5, 0.6) is 0 Å². The third kappa shape index (κ3) is 3.72. The number of alkyl halides is 3. The summed E-state index contributed by atoms with van der Waals surface area (Å²) in [5.74, 6) is -0.655. The van der Waals surface area contributed by atoms with E-state index in [4.69, 9.17) is 11.6 Å². The Balaban J connectivity index is 2.20. The number of carbonyl (C=O) groups excluding carboxylic acids is 1. The standard InChI is InChI=1S/C14H17ClF3N5O/c1-4-5-8-6-9(20-19-8)7-22(2)13(24)11-10(15)12(14(16,17)18)21-23(11)3/h6H,4-5,7H2,1-3H3,(H,19,20). The molecule has 0 unspecified atom stereocenters. The molecule has 0 fully saturated rings. The molecule has 2 aromatic heterocycles. The first-order valence-corrected chi connectivity index (χ1v) is 7.61. The molecular formula is C14H17ClF3N5O. The maximum Gasteiger partial charge on any atom is 0.436 e. The van der Waals surface area contributed by atoms with Gasteiger partial charge >= 0.3 is 6.18 Å². The fourth-order valence-corrected chi connectivity index (χ4v) is 2.64. The van der Waals surface area contributed by atoms with Crippen molar-refractivity contribution in [2.45, 2.75) is 32.5 Å². The van der Waals surface area contributed by atoms with Gasteiger partial charge in [-0.05, 0) is 12.5 Å². The lowest BCUT2D eigenvalue weighted by atomic mass is 10.2. The van der Waals surface area contributed by atoms with Crippen LogP contribution >= 0.6 is 11.6 Å². The molecule has 24 heavy (non-hydrogen) atoms. The molecule has 2 rings (SSSR count). The third-order valence-corrected chi connectivity index (χ3v) is 3.76. The van der Waals surface area contributed by atoms with E-state index >= 15 is 0 Å². The second-order valence-corrected chi connectivity index (χ2v) is 5.81. The van der Waals surface area contributed by atoms with Crippen molar-refractivity contribution in [1.29, 1.82) is 0 Å². The second kappa shape index (κ2) is 6.84. The van der Waals surface area contributed by atoms with Crippen molar-refractivity contribution < 1.29 is 18.0 Å². The predicted molar refractivity (Wildman–Crippen MR) is 81.6 cm³/mol. The topological polar surface area (TPSA) is 66.8 Å². The number of halogens is 4. The van der Waals surface area contributed by atoms with E-state index in [1.807, 2.05) is 13.0 Å². The van der Waals surface area contributed by atoms with Crippen LogP contribution in [-0.2, 0) is 26.2 Å². The number of nitrogens with zero attached hydrogens (tertiary/aromatic N) is 4. The van der Waals surface area contributed by atoms with Gasteiger partial charge in [-0.15, -0.1) is 0 Å². The number of carbonyl (C=O) groups is 1. The van der Waals surface area contributed by atoms with E-state index in [0.717, 1.165) is 23.2 Å². The van der Waals surface area contributed by atoms with Crippen LogP contribution in [0, 0.1) is 0 Å². The Kier molecular flexibility index (Phi) is 5.22. The van der Waals surface area contributed by atoms with Crippen LogP contribution in [0.3, 0.4) is 0 Å². The quantitative estimate of drug-likeness (QED) is 0.887. The minimum Gasteiger partial charge on any atom is -0.334 e. The van der Waals surface area contributed by atoms with Gasteiger partial charge in [-0.2, -0.15) is 23.4 Å². The third-order valence-electron chi connectivity index (χ3n) is 3.40. The molecule has 0 aliphatic rings. The summed E-state index contributed by atoms with van der Waals surface area (Å²) in [6, 6.07) is 1.82. The van der Waals surface area contributed by atoms with Gasteiger partial charge in [0.05, 0.1) is 17.9 Å². The number of H-pyrrole nitrogens is 1. The fraction of sp³-hybridized carbons (Fsp3) is 0.500. The average Bonchev–Trinajstić information content (AvgIpc) is 3.02. The highest BCUT2D eigenvalue weighted by Gasteiger charge is 2.40. The lowest BCUT2D eigenvalue weighted by Gasteiger charge is -2.16. The monoisotopic (exact) mass is 363 g/mol. The van der Waals surface area contributed by atoms with Gasteiger partial charge in [-0.1, -0.05) is 24.9 Å². The molecule has 0 aliphatic carbocycles. The normalized spacial score (nSPS) is 11.8. The SMILES string of the molecule is CCCc1cc(CN(C)C(=O)c2c(Cl)c(C(F)(F)F)nn2C)[nH]n1. The van der Waals surface area contributed by atoms with Gasteiger partial charge in [-0.3, -0.25) is 14.6 Å². The summed E-state index contributed by atoms with van der Waals surface area (Å²) in [7, 11) is 2.72. The Morgan fingerprint density at radius 2 is 2.12 bits per heavy atom. The Morgan fingerprint density at radius 3 is 2.67 bits per heavy atom. The van der Waals surface area contributed by atoms with Crippen molar-refractivity contribution in [2.75, 3.05) is 7.05 Å². The largest absolute Gasteiger partial charge is 0.436 e. The number of hydrogen-bond donors (Lipinski definition) is 1. The molecule has 0 bridgehead atoms. The summed E-state index contributed by atoms with van der Waals surface area (Å²) in [6.45, 7) is 2.19. The summed E-state index contributed by atoms with van der Waals surface area (Å²) < 4.78 is 39.3. The molecule has 0 spiro atoms. The first kappa shape index (κ1) is 18.3. The Bertz CT molecular complexity index is 737. The zero-order valence-corrected chi connectivity index (χ0v) is 14.2. The minimum absolute atomic E-state index is 0.165. The highest BCUT2D eigenvalue weighted by molar-refractivity contribution is 6.34.